The lowest BCUT2D eigenvalue weighted by molar-refractivity contribution is -0.125. The first-order valence-electron chi connectivity index (χ1n) is 8.61. The molecule has 0 N–H and O–H groups in total. The molecule has 2 aromatic carbocycles. The van der Waals surface area contributed by atoms with Crippen molar-refractivity contribution in [3.63, 3.8) is 0 Å². The highest BCUT2D eigenvalue weighted by molar-refractivity contribution is 9.10. The summed E-state index contributed by atoms with van der Waals surface area (Å²) in [7, 11) is 3.38. The highest BCUT2D eigenvalue weighted by atomic mass is 79.9. The lowest BCUT2D eigenvalue weighted by Crippen LogP contribution is -2.23. The number of thioether (sulfide) groups is 1. The summed E-state index contributed by atoms with van der Waals surface area (Å²) in [6.07, 6.45) is 0. The van der Waals surface area contributed by atoms with Crippen LogP contribution in [0.5, 0.6) is 0 Å². The van der Waals surface area contributed by atoms with E-state index in [9.17, 15) is 9.59 Å². The summed E-state index contributed by atoms with van der Waals surface area (Å²) >= 11 is 4.69. The quantitative estimate of drug-likeness (QED) is 0.376. The summed E-state index contributed by atoms with van der Waals surface area (Å²) in [5.74, 6) is 0.283. The number of nitrogens with zero attached hydrogens (tertiary/aromatic N) is 3. The van der Waals surface area contributed by atoms with Crippen LogP contribution in [0.3, 0.4) is 0 Å². The van der Waals surface area contributed by atoms with Gasteiger partial charge in [-0.15, -0.1) is 11.8 Å². The van der Waals surface area contributed by atoms with Crippen LogP contribution in [0, 0.1) is 0 Å². The van der Waals surface area contributed by atoms with Crippen molar-refractivity contribution >= 4 is 39.6 Å². The maximum atomic E-state index is 12.5. The summed E-state index contributed by atoms with van der Waals surface area (Å²) < 4.78 is 11.4. The molecule has 29 heavy (non-hydrogen) atoms. The first-order chi connectivity index (χ1) is 13.9. The Labute approximate surface area is 180 Å². The minimum absolute atomic E-state index is 0.0379. The molecule has 0 radical (unpaired) electrons. The van der Waals surface area contributed by atoms with Crippen LogP contribution in [0.2, 0.25) is 0 Å². The van der Waals surface area contributed by atoms with Crippen LogP contribution in [0.4, 0.5) is 0 Å². The van der Waals surface area contributed by atoms with Crippen molar-refractivity contribution in [3.05, 3.63) is 64.5 Å². The van der Waals surface area contributed by atoms with Crippen LogP contribution in [0.15, 0.2) is 62.4 Å². The Morgan fingerprint density at radius 3 is 2.72 bits per heavy atom. The Morgan fingerprint density at radius 1 is 1.17 bits per heavy atom. The number of halogens is 1. The molecule has 7 nitrogen and oxygen atoms in total. The zero-order valence-corrected chi connectivity index (χ0v) is 18.2. The molecule has 0 unspecified atom stereocenters. The number of ether oxygens (including phenoxy) is 1. The first kappa shape index (κ1) is 21.1. The fraction of sp³-hybridized carbons (Fsp3) is 0.200. The Hall–Kier alpha value is -2.65. The Kier molecular flexibility index (Phi) is 7.05. The van der Waals surface area contributed by atoms with Gasteiger partial charge in [-0.2, -0.15) is 4.98 Å². The number of carbonyl (C=O) groups is 2. The van der Waals surface area contributed by atoms with Crippen molar-refractivity contribution in [2.75, 3.05) is 19.8 Å². The molecule has 1 heterocycles. The minimum Gasteiger partial charge on any atom is -0.452 e. The molecule has 0 fully saturated rings. The van der Waals surface area contributed by atoms with Crippen LogP contribution >= 0.6 is 27.7 Å². The van der Waals surface area contributed by atoms with Gasteiger partial charge < -0.3 is 14.2 Å². The maximum Gasteiger partial charge on any atom is 0.339 e. The molecule has 1 amide bonds. The summed E-state index contributed by atoms with van der Waals surface area (Å²) in [5, 5.41) is 3.92. The molecular formula is C20H18BrN3O4S. The van der Waals surface area contributed by atoms with E-state index in [2.05, 4.69) is 26.1 Å². The van der Waals surface area contributed by atoms with E-state index in [1.54, 1.807) is 32.3 Å². The summed E-state index contributed by atoms with van der Waals surface area (Å²) in [6, 6.07) is 14.5. The van der Waals surface area contributed by atoms with Crippen LogP contribution in [0.25, 0.3) is 11.4 Å². The van der Waals surface area contributed by atoms with Gasteiger partial charge in [-0.25, -0.2) is 4.79 Å². The van der Waals surface area contributed by atoms with E-state index >= 15 is 0 Å². The largest absolute Gasteiger partial charge is 0.452 e. The van der Waals surface area contributed by atoms with Crippen molar-refractivity contribution in [2.24, 2.45) is 0 Å². The predicted molar refractivity (Wildman–Crippen MR) is 112 cm³/mol. The number of hydrogen-bond donors (Lipinski definition) is 0. The van der Waals surface area contributed by atoms with Gasteiger partial charge >= 0.3 is 5.97 Å². The van der Waals surface area contributed by atoms with Gasteiger partial charge in [-0.1, -0.05) is 45.4 Å². The monoisotopic (exact) mass is 475 g/mol. The van der Waals surface area contributed by atoms with Crippen LogP contribution < -0.4 is 0 Å². The first-order valence-corrected chi connectivity index (χ1v) is 10.4. The van der Waals surface area contributed by atoms with Gasteiger partial charge in [-0.05, 0) is 24.3 Å². The molecule has 0 bridgehead atoms. The highest BCUT2D eigenvalue weighted by Crippen LogP contribution is 2.24. The molecule has 0 aliphatic carbocycles. The Balaban J connectivity index is 1.64. The molecule has 3 rings (SSSR count). The second-order valence-corrected chi connectivity index (χ2v) is 8.10. The third-order valence-electron chi connectivity index (χ3n) is 3.83. The molecule has 0 saturated carbocycles. The molecule has 1 aromatic heterocycles. The van der Waals surface area contributed by atoms with E-state index in [0.717, 1.165) is 10.0 Å². The summed E-state index contributed by atoms with van der Waals surface area (Å²) in [6.45, 7) is -0.143. The van der Waals surface area contributed by atoms with Crippen molar-refractivity contribution in [1.82, 2.24) is 15.0 Å². The van der Waals surface area contributed by atoms with Gasteiger partial charge in [0, 0.05) is 29.0 Å². The highest BCUT2D eigenvalue weighted by Gasteiger charge is 2.17. The van der Waals surface area contributed by atoms with E-state index in [1.165, 1.54) is 16.7 Å². The summed E-state index contributed by atoms with van der Waals surface area (Å²) in [5.41, 5.74) is 1.17. The summed E-state index contributed by atoms with van der Waals surface area (Å²) in [4.78, 5) is 30.8. The predicted octanol–water partition coefficient (Wildman–Crippen LogP) is 4.04. The van der Waals surface area contributed by atoms with E-state index in [4.69, 9.17) is 9.26 Å². The minimum atomic E-state index is -0.521. The fourth-order valence-electron chi connectivity index (χ4n) is 2.29. The normalized spacial score (nSPS) is 10.6. The second kappa shape index (κ2) is 9.71. The maximum absolute atomic E-state index is 12.5. The van der Waals surface area contributed by atoms with Crippen LogP contribution in [-0.4, -0.2) is 46.8 Å². The molecule has 9 heteroatoms. The smallest absolute Gasteiger partial charge is 0.339 e. The van der Waals surface area contributed by atoms with E-state index in [1.807, 2.05) is 30.3 Å². The molecule has 0 aliphatic heterocycles. The molecule has 3 aromatic rings. The topological polar surface area (TPSA) is 85.5 Å². The Bertz CT molecular complexity index is 1020. The van der Waals surface area contributed by atoms with Gasteiger partial charge in [0.15, 0.2) is 6.61 Å². The zero-order valence-electron chi connectivity index (χ0n) is 15.8. The van der Waals surface area contributed by atoms with E-state index in [-0.39, 0.29) is 24.2 Å². The van der Waals surface area contributed by atoms with Gasteiger partial charge in [0.2, 0.25) is 11.7 Å². The lowest BCUT2D eigenvalue weighted by Gasteiger charge is -2.11. The standard InChI is InChI=1S/C20H18BrN3O4S/c1-24(2)18(25)12-29-16-9-4-3-8-15(16)20(26)27-11-17-22-19(23-28-17)13-6-5-7-14(21)10-13/h3-10H,11-12H2,1-2H3. The number of esters is 1. The Morgan fingerprint density at radius 2 is 1.97 bits per heavy atom. The average molecular weight is 476 g/mol. The van der Waals surface area contributed by atoms with Crippen molar-refractivity contribution in [1.29, 1.82) is 0 Å². The van der Waals surface area contributed by atoms with Crippen molar-refractivity contribution < 1.29 is 18.8 Å². The molecule has 0 saturated heterocycles. The van der Waals surface area contributed by atoms with Gasteiger partial charge in [-0.3, -0.25) is 4.79 Å². The third-order valence-corrected chi connectivity index (χ3v) is 5.39. The van der Waals surface area contributed by atoms with Crippen molar-refractivity contribution in [2.45, 2.75) is 11.5 Å². The number of aromatic nitrogens is 2. The number of benzene rings is 2. The average Bonchev–Trinajstić information content (AvgIpc) is 3.19. The SMILES string of the molecule is CN(C)C(=O)CSc1ccccc1C(=O)OCc1nc(-c2cccc(Br)c2)no1. The van der Waals surface area contributed by atoms with E-state index < -0.39 is 5.97 Å². The number of rotatable bonds is 7. The van der Waals surface area contributed by atoms with Crippen LogP contribution in [0.1, 0.15) is 16.2 Å². The van der Waals surface area contributed by atoms with Gasteiger partial charge in [0.05, 0.1) is 11.3 Å². The van der Waals surface area contributed by atoms with Crippen LogP contribution in [-0.2, 0) is 16.1 Å². The third kappa shape index (κ3) is 5.68. The molecule has 150 valence electrons. The number of hydrogen-bond acceptors (Lipinski definition) is 7. The fourth-order valence-corrected chi connectivity index (χ4v) is 3.71. The second-order valence-electron chi connectivity index (χ2n) is 6.17. The zero-order chi connectivity index (χ0) is 20.8. The van der Waals surface area contributed by atoms with Gasteiger partial charge in [0.1, 0.15) is 0 Å². The molecule has 0 atom stereocenters. The van der Waals surface area contributed by atoms with Crippen molar-refractivity contribution in [3.8, 4) is 11.4 Å². The molecule has 0 aliphatic rings. The molecule has 0 spiro atoms. The number of carbonyl (C=O) groups excluding carboxylic acids is 2. The number of amides is 1. The molecular weight excluding hydrogens is 458 g/mol. The van der Waals surface area contributed by atoms with Gasteiger partial charge in [0.25, 0.3) is 5.89 Å². The lowest BCUT2D eigenvalue weighted by atomic mass is 10.2. The van der Waals surface area contributed by atoms with E-state index in [0.29, 0.717) is 16.3 Å².